The molecule has 0 aliphatic heterocycles. The maximum Gasteiger partial charge on any atom is 0.236 e. The molecule has 4 rings (SSSR count). The van der Waals surface area contributed by atoms with Gasteiger partial charge in [0.2, 0.25) is 5.91 Å². The zero-order valence-electron chi connectivity index (χ0n) is 18.4. The van der Waals surface area contributed by atoms with Crippen LogP contribution in [0, 0.1) is 17.5 Å². The van der Waals surface area contributed by atoms with Crippen LogP contribution in [0.3, 0.4) is 0 Å². The molecule has 4 aromatic rings. The van der Waals surface area contributed by atoms with Crippen molar-refractivity contribution in [3.8, 4) is 0 Å². The Morgan fingerprint density at radius 1 is 0.735 bits per heavy atom. The second-order valence-corrected chi connectivity index (χ2v) is 8.94. The minimum atomic E-state index is -1.22. The number of rotatable bonds is 7. The molecule has 1 amide bonds. The molecule has 0 bridgehead atoms. The summed E-state index contributed by atoms with van der Waals surface area (Å²) in [7, 11) is 1.68. The summed E-state index contributed by atoms with van der Waals surface area (Å²) in [5.41, 5.74) is 2.18. The first-order chi connectivity index (χ1) is 16.4. The van der Waals surface area contributed by atoms with E-state index in [0.29, 0.717) is 16.7 Å². The Morgan fingerprint density at radius 3 is 1.76 bits per heavy atom. The van der Waals surface area contributed by atoms with Crippen molar-refractivity contribution in [1.29, 1.82) is 0 Å². The molecule has 4 aromatic carbocycles. The standard InChI is InChI=1S/C28H22F3NOS/c1-32(24-7-3-2-4-8-24)27(33)19-34-28(20-11-15-22(29)16-12-20,21-13-17-23(30)18-14-21)25-9-5-6-10-26(25)31/h2-18H,19H2,1H3. The van der Waals surface area contributed by atoms with Crippen molar-refractivity contribution in [3.05, 3.63) is 137 Å². The Kier molecular flexibility index (Phi) is 7.08. The van der Waals surface area contributed by atoms with E-state index in [1.807, 2.05) is 30.3 Å². The van der Waals surface area contributed by atoms with Crippen molar-refractivity contribution in [2.75, 3.05) is 17.7 Å². The van der Waals surface area contributed by atoms with Crippen LogP contribution in [0.25, 0.3) is 0 Å². The van der Waals surface area contributed by atoms with Gasteiger partial charge >= 0.3 is 0 Å². The van der Waals surface area contributed by atoms with E-state index in [4.69, 9.17) is 0 Å². The van der Waals surface area contributed by atoms with Gasteiger partial charge in [-0.25, -0.2) is 13.2 Å². The topological polar surface area (TPSA) is 20.3 Å². The molecular formula is C28H22F3NOS. The van der Waals surface area contributed by atoms with Crippen molar-refractivity contribution in [2.45, 2.75) is 4.75 Å². The molecule has 2 nitrogen and oxygen atoms in total. The number of thioether (sulfide) groups is 1. The summed E-state index contributed by atoms with van der Waals surface area (Å²) in [6, 6.07) is 27.0. The normalized spacial score (nSPS) is 11.3. The average molecular weight is 478 g/mol. The summed E-state index contributed by atoms with van der Waals surface area (Å²) in [5.74, 6) is -1.55. The van der Waals surface area contributed by atoms with E-state index in [1.54, 1.807) is 49.5 Å². The molecule has 0 fully saturated rings. The number of anilines is 1. The van der Waals surface area contributed by atoms with E-state index in [-0.39, 0.29) is 11.7 Å². The van der Waals surface area contributed by atoms with Gasteiger partial charge < -0.3 is 4.90 Å². The lowest BCUT2D eigenvalue weighted by atomic mass is 9.83. The second kappa shape index (κ2) is 10.2. The maximum absolute atomic E-state index is 15.3. The molecule has 0 aliphatic carbocycles. The number of halogens is 3. The molecule has 0 aromatic heterocycles. The summed E-state index contributed by atoms with van der Waals surface area (Å²) >= 11 is 1.21. The number of carbonyl (C=O) groups excluding carboxylic acids is 1. The van der Waals surface area contributed by atoms with E-state index < -0.39 is 22.2 Å². The van der Waals surface area contributed by atoms with E-state index in [2.05, 4.69) is 0 Å². The minimum Gasteiger partial charge on any atom is -0.315 e. The summed E-state index contributed by atoms with van der Waals surface area (Å²) in [5, 5.41) is 0. The van der Waals surface area contributed by atoms with Crippen LogP contribution in [-0.2, 0) is 9.54 Å². The van der Waals surface area contributed by atoms with Crippen LogP contribution in [0.2, 0.25) is 0 Å². The van der Waals surface area contributed by atoms with Gasteiger partial charge in [0.15, 0.2) is 0 Å². The third-order valence-corrected chi connectivity index (χ3v) is 7.20. The van der Waals surface area contributed by atoms with Gasteiger partial charge in [-0.15, -0.1) is 11.8 Å². The van der Waals surface area contributed by atoms with Crippen molar-refractivity contribution in [3.63, 3.8) is 0 Å². The fourth-order valence-corrected chi connectivity index (χ4v) is 5.36. The van der Waals surface area contributed by atoms with Gasteiger partial charge in [0.05, 0.1) is 10.5 Å². The molecule has 6 heteroatoms. The number of nitrogens with zero attached hydrogens (tertiary/aromatic N) is 1. The Labute approximate surface area is 201 Å². The molecule has 0 saturated heterocycles. The number of hydrogen-bond acceptors (Lipinski definition) is 2. The molecule has 0 unspecified atom stereocenters. The monoisotopic (exact) mass is 477 g/mol. The summed E-state index contributed by atoms with van der Waals surface area (Å²) < 4.78 is 41.7. The van der Waals surface area contributed by atoms with Gasteiger partial charge in [0.1, 0.15) is 17.5 Å². The fourth-order valence-electron chi connectivity index (χ4n) is 3.90. The van der Waals surface area contributed by atoms with E-state index in [0.717, 1.165) is 5.69 Å². The molecule has 0 heterocycles. The predicted molar refractivity (Wildman–Crippen MR) is 131 cm³/mol. The highest BCUT2D eigenvalue weighted by Crippen LogP contribution is 2.49. The van der Waals surface area contributed by atoms with Gasteiger partial charge in [-0.05, 0) is 53.6 Å². The smallest absolute Gasteiger partial charge is 0.236 e. The number of hydrogen-bond donors (Lipinski definition) is 0. The van der Waals surface area contributed by atoms with E-state index >= 15 is 4.39 Å². The fraction of sp³-hybridized carbons (Fsp3) is 0.107. The van der Waals surface area contributed by atoms with E-state index in [1.165, 1.54) is 47.0 Å². The van der Waals surface area contributed by atoms with Gasteiger partial charge in [-0.1, -0.05) is 60.7 Å². The quantitative estimate of drug-likeness (QED) is 0.273. The highest BCUT2D eigenvalue weighted by molar-refractivity contribution is 8.01. The van der Waals surface area contributed by atoms with Crippen molar-refractivity contribution in [1.82, 2.24) is 0 Å². The molecule has 0 N–H and O–H groups in total. The average Bonchev–Trinajstić information content (AvgIpc) is 2.87. The summed E-state index contributed by atoms with van der Waals surface area (Å²) in [6.45, 7) is 0. The van der Waals surface area contributed by atoms with E-state index in [9.17, 15) is 13.6 Å². The Morgan fingerprint density at radius 2 is 1.24 bits per heavy atom. The van der Waals surface area contributed by atoms with Crippen LogP contribution in [0.5, 0.6) is 0 Å². The third-order valence-electron chi connectivity index (χ3n) is 5.68. The van der Waals surface area contributed by atoms with Crippen molar-refractivity contribution >= 4 is 23.4 Å². The Balaban J connectivity index is 1.84. The Hall–Kier alpha value is -3.51. The molecule has 0 radical (unpaired) electrons. The number of amides is 1. The highest BCUT2D eigenvalue weighted by Gasteiger charge is 2.40. The zero-order valence-corrected chi connectivity index (χ0v) is 19.2. The summed E-state index contributed by atoms with van der Waals surface area (Å²) in [4.78, 5) is 14.7. The molecule has 0 aliphatic rings. The zero-order chi connectivity index (χ0) is 24.1. The first kappa shape index (κ1) is 23.6. The minimum absolute atomic E-state index is 0.00547. The number of benzene rings is 4. The third kappa shape index (κ3) is 4.73. The van der Waals surface area contributed by atoms with Crippen LogP contribution in [-0.4, -0.2) is 18.7 Å². The SMILES string of the molecule is CN(C(=O)CSC(c1ccc(F)cc1)(c1ccc(F)cc1)c1ccccc1F)c1ccccc1. The van der Waals surface area contributed by atoms with Gasteiger partial charge in [0, 0.05) is 18.3 Å². The molecular weight excluding hydrogens is 455 g/mol. The van der Waals surface area contributed by atoms with Crippen LogP contribution in [0.4, 0.5) is 18.9 Å². The first-order valence-corrected chi connectivity index (χ1v) is 11.6. The Bertz CT molecular complexity index is 1220. The lowest BCUT2D eigenvalue weighted by Gasteiger charge is -2.36. The molecule has 0 atom stereocenters. The summed E-state index contributed by atoms with van der Waals surface area (Å²) in [6.07, 6.45) is 0. The van der Waals surface area contributed by atoms with Crippen LogP contribution >= 0.6 is 11.8 Å². The van der Waals surface area contributed by atoms with Crippen LogP contribution in [0.15, 0.2) is 103 Å². The lowest BCUT2D eigenvalue weighted by Crippen LogP contribution is -2.33. The molecule has 0 spiro atoms. The van der Waals surface area contributed by atoms with Crippen molar-refractivity contribution in [2.24, 2.45) is 0 Å². The number of carbonyl (C=O) groups is 1. The van der Waals surface area contributed by atoms with Gasteiger partial charge in [-0.2, -0.15) is 0 Å². The highest BCUT2D eigenvalue weighted by atomic mass is 32.2. The molecule has 172 valence electrons. The van der Waals surface area contributed by atoms with Crippen LogP contribution < -0.4 is 4.90 Å². The second-order valence-electron chi connectivity index (χ2n) is 7.75. The first-order valence-electron chi connectivity index (χ1n) is 10.6. The maximum atomic E-state index is 15.3. The number of para-hydroxylation sites is 1. The van der Waals surface area contributed by atoms with Gasteiger partial charge in [-0.3, -0.25) is 4.79 Å². The molecule has 34 heavy (non-hydrogen) atoms. The van der Waals surface area contributed by atoms with Crippen molar-refractivity contribution < 1.29 is 18.0 Å². The lowest BCUT2D eigenvalue weighted by molar-refractivity contribution is -0.115. The molecule has 0 saturated carbocycles. The van der Waals surface area contributed by atoms with Crippen LogP contribution in [0.1, 0.15) is 16.7 Å². The largest absolute Gasteiger partial charge is 0.315 e. The van der Waals surface area contributed by atoms with Gasteiger partial charge in [0.25, 0.3) is 0 Å². The predicted octanol–water partition coefficient (Wildman–Crippen LogP) is 6.79.